The van der Waals surface area contributed by atoms with Gasteiger partial charge in [-0.25, -0.2) is 4.98 Å². The number of pyridine rings is 1. The highest BCUT2D eigenvalue weighted by molar-refractivity contribution is 9.10. The van der Waals surface area contributed by atoms with E-state index >= 15 is 0 Å². The third-order valence-corrected chi connectivity index (χ3v) is 7.59. The van der Waals surface area contributed by atoms with Crippen LogP contribution in [0.5, 0.6) is 0 Å². The molecule has 0 radical (unpaired) electrons. The average molecular weight is 584 g/mol. The SMILES string of the molecule is CCn1cc(-c2cc(C(F)(F)F)nc3sc(C(N)=O)c(NC(=O)C(C)n4ncc(Br)c4C)c23)c(C)n1. The summed E-state index contributed by atoms with van der Waals surface area (Å²) < 4.78 is 45.0. The second-order valence-corrected chi connectivity index (χ2v) is 9.93. The summed E-state index contributed by atoms with van der Waals surface area (Å²) in [4.78, 5) is 29.1. The van der Waals surface area contributed by atoms with Crippen LogP contribution in [0.1, 0.15) is 46.6 Å². The number of amides is 2. The minimum absolute atomic E-state index is 0.00287. The molecular weight excluding hydrogens is 563 g/mol. The number of primary amides is 1. The minimum Gasteiger partial charge on any atom is -0.365 e. The van der Waals surface area contributed by atoms with Crippen LogP contribution in [0.3, 0.4) is 0 Å². The predicted octanol–water partition coefficient (Wildman–Crippen LogP) is 5.07. The third-order valence-electron chi connectivity index (χ3n) is 5.72. The van der Waals surface area contributed by atoms with Crippen molar-refractivity contribution < 1.29 is 22.8 Å². The van der Waals surface area contributed by atoms with Crippen LogP contribution in [0.2, 0.25) is 0 Å². The molecule has 4 rings (SSSR count). The number of aromatic nitrogens is 5. The van der Waals surface area contributed by atoms with Gasteiger partial charge >= 0.3 is 6.18 Å². The van der Waals surface area contributed by atoms with Crippen LogP contribution in [0.4, 0.5) is 18.9 Å². The van der Waals surface area contributed by atoms with Gasteiger partial charge in [-0.3, -0.25) is 19.0 Å². The molecule has 2 amide bonds. The number of rotatable bonds is 6. The zero-order valence-electron chi connectivity index (χ0n) is 19.6. The molecule has 0 aliphatic rings. The highest BCUT2D eigenvalue weighted by atomic mass is 79.9. The molecule has 0 fully saturated rings. The maximum absolute atomic E-state index is 13.7. The van der Waals surface area contributed by atoms with E-state index in [1.165, 1.54) is 4.68 Å². The number of carbonyl (C=O) groups excluding carboxylic acids is 2. The Hall–Kier alpha value is -3.26. The molecule has 14 heteroatoms. The van der Waals surface area contributed by atoms with Crippen LogP contribution < -0.4 is 11.1 Å². The summed E-state index contributed by atoms with van der Waals surface area (Å²) in [5.74, 6) is -1.44. The van der Waals surface area contributed by atoms with E-state index in [4.69, 9.17) is 5.73 Å². The van der Waals surface area contributed by atoms with Gasteiger partial charge in [-0.1, -0.05) is 0 Å². The van der Waals surface area contributed by atoms with Gasteiger partial charge in [0.2, 0.25) is 5.91 Å². The van der Waals surface area contributed by atoms with E-state index in [2.05, 4.69) is 36.4 Å². The molecule has 1 atom stereocenters. The van der Waals surface area contributed by atoms with Crippen LogP contribution in [-0.4, -0.2) is 36.4 Å². The summed E-state index contributed by atoms with van der Waals surface area (Å²) in [6, 6.07) is 0.0972. The Morgan fingerprint density at radius 3 is 2.50 bits per heavy atom. The lowest BCUT2D eigenvalue weighted by Crippen LogP contribution is -2.26. The number of thiophene rings is 1. The van der Waals surface area contributed by atoms with Crippen molar-refractivity contribution in [2.24, 2.45) is 5.73 Å². The second kappa shape index (κ2) is 9.32. The van der Waals surface area contributed by atoms with E-state index in [1.54, 1.807) is 37.8 Å². The Balaban J connectivity index is 1.95. The Morgan fingerprint density at radius 1 is 1.28 bits per heavy atom. The summed E-state index contributed by atoms with van der Waals surface area (Å²) >= 11 is 4.04. The van der Waals surface area contributed by atoms with Crippen molar-refractivity contribution >= 4 is 55.0 Å². The molecule has 0 saturated heterocycles. The van der Waals surface area contributed by atoms with Crippen LogP contribution in [0.25, 0.3) is 21.3 Å². The van der Waals surface area contributed by atoms with E-state index in [0.717, 1.165) is 6.07 Å². The zero-order chi connectivity index (χ0) is 26.5. The van der Waals surface area contributed by atoms with Gasteiger partial charge < -0.3 is 11.1 Å². The van der Waals surface area contributed by atoms with Crippen LogP contribution >= 0.6 is 27.3 Å². The number of hydrogen-bond acceptors (Lipinski definition) is 6. The van der Waals surface area contributed by atoms with E-state index in [1.807, 2.05) is 6.92 Å². The largest absolute Gasteiger partial charge is 0.433 e. The molecule has 4 heterocycles. The first-order valence-electron chi connectivity index (χ1n) is 10.7. The molecule has 4 aromatic heterocycles. The number of aryl methyl sites for hydroxylation is 2. The summed E-state index contributed by atoms with van der Waals surface area (Å²) in [6.45, 7) is 7.39. The van der Waals surface area contributed by atoms with Gasteiger partial charge in [0.15, 0.2) is 0 Å². The Morgan fingerprint density at radius 2 is 1.97 bits per heavy atom. The molecule has 0 aromatic carbocycles. The lowest BCUT2D eigenvalue weighted by molar-refractivity contribution is -0.140. The van der Waals surface area contributed by atoms with Crippen molar-refractivity contribution in [2.45, 2.75) is 46.5 Å². The molecule has 36 heavy (non-hydrogen) atoms. The minimum atomic E-state index is -4.74. The Kier molecular flexibility index (Phi) is 6.68. The molecule has 190 valence electrons. The fourth-order valence-electron chi connectivity index (χ4n) is 3.82. The Labute approximate surface area is 215 Å². The number of halogens is 4. The van der Waals surface area contributed by atoms with E-state index < -0.39 is 29.7 Å². The normalized spacial score (nSPS) is 12.8. The topological polar surface area (TPSA) is 121 Å². The van der Waals surface area contributed by atoms with Crippen molar-refractivity contribution in [2.75, 3.05) is 5.32 Å². The van der Waals surface area contributed by atoms with Gasteiger partial charge in [0.25, 0.3) is 5.91 Å². The number of nitrogens with two attached hydrogens (primary N) is 1. The van der Waals surface area contributed by atoms with E-state index in [-0.39, 0.29) is 26.3 Å². The van der Waals surface area contributed by atoms with Gasteiger partial charge in [-0.2, -0.15) is 23.4 Å². The molecular formula is C22H21BrF3N7O2S. The summed E-state index contributed by atoms with van der Waals surface area (Å²) in [6.07, 6.45) is -1.58. The van der Waals surface area contributed by atoms with Crippen molar-refractivity contribution in [3.8, 4) is 11.1 Å². The van der Waals surface area contributed by atoms with Crippen molar-refractivity contribution in [3.05, 3.63) is 44.9 Å². The molecule has 3 N–H and O–H groups in total. The number of carbonyl (C=O) groups is 2. The van der Waals surface area contributed by atoms with Crippen LogP contribution in [-0.2, 0) is 17.5 Å². The lowest BCUT2D eigenvalue weighted by Gasteiger charge is -2.16. The standard InChI is InChI=1S/C22H21BrF3N7O2S/c1-5-32-8-13(9(2)31-32)12-6-15(22(24,25)26)29-21-16(12)17(18(36-21)19(27)34)30-20(35)11(4)33-10(3)14(23)7-28-33/h6-8,11H,5H2,1-4H3,(H2,27,34)(H,30,35). The number of anilines is 1. The molecule has 0 aliphatic heterocycles. The van der Waals surface area contributed by atoms with E-state index in [0.29, 0.717) is 39.3 Å². The van der Waals surface area contributed by atoms with Crippen molar-refractivity contribution in [1.82, 2.24) is 24.5 Å². The van der Waals surface area contributed by atoms with Gasteiger partial charge in [0.1, 0.15) is 21.4 Å². The first kappa shape index (κ1) is 25.8. The lowest BCUT2D eigenvalue weighted by atomic mass is 10.0. The second-order valence-electron chi connectivity index (χ2n) is 8.07. The number of nitrogens with zero attached hydrogens (tertiary/aromatic N) is 5. The van der Waals surface area contributed by atoms with Gasteiger partial charge in [0.05, 0.1) is 27.7 Å². The number of nitrogens with one attached hydrogen (secondary N) is 1. The van der Waals surface area contributed by atoms with Crippen LogP contribution in [0, 0.1) is 13.8 Å². The molecule has 4 aromatic rings. The molecule has 1 unspecified atom stereocenters. The number of hydrogen-bond donors (Lipinski definition) is 2. The van der Waals surface area contributed by atoms with Crippen molar-refractivity contribution in [3.63, 3.8) is 0 Å². The van der Waals surface area contributed by atoms with Crippen LogP contribution in [0.15, 0.2) is 22.9 Å². The quantitative estimate of drug-likeness (QED) is 0.328. The Bertz CT molecular complexity index is 1510. The van der Waals surface area contributed by atoms with E-state index in [9.17, 15) is 22.8 Å². The molecule has 0 spiro atoms. The first-order chi connectivity index (χ1) is 16.8. The smallest absolute Gasteiger partial charge is 0.365 e. The third kappa shape index (κ3) is 4.50. The maximum atomic E-state index is 13.7. The number of fused-ring (bicyclic) bond motifs is 1. The van der Waals surface area contributed by atoms with Gasteiger partial charge in [-0.05, 0) is 55.3 Å². The molecule has 9 nitrogen and oxygen atoms in total. The molecule has 0 bridgehead atoms. The fourth-order valence-corrected chi connectivity index (χ4v) is 5.10. The highest BCUT2D eigenvalue weighted by Gasteiger charge is 2.35. The van der Waals surface area contributed by atoms with Gasteiger partial charge in [0, 0.05) is 23.7 Å². The first-order valence-corrected chi connectivity index (χ1v) is 12.3. The summed E-state index contributed by atoms with van der Waals surface area (Å²) in [7, 11) is 0. The van der Waals surface area contributed by atoms with Crippen molar-refractivity contribution in [1.29, 1.82) is 0 Å². The van der Waals surface area contributed by atoms with Gasteiger partial charge in [-0.15, -0.1) is 11.3 Å². The summed E-state index contributed by atoms with van der Waals surface area (Å²) in [5.41, 5.74) is 6.16. The molecule has 0 saturated carbocycles. The highest BCUT2D eigenvalue weighted by Crippen LogP contribution is 2.44. The number of alkyl halides is 3. The molecule has 0 aliphatic carbocycles. The summed E-state index contributed by atoms with van der Waals surface area (Å²) in [5, 5.41) is 11.4. The maximum Gasteiger partial charge on any atom is 0.433 e. The average Bonchev–Trinajstić information content (AvgIpc) is 3.47. The predicted molar refractivity (Wildman–Crippen MR) is 133 cm³/mol. The zero-order valence-corrected chi connectivity index (χ0v) is 22.0. The fraction of sp³-hybridized carbons (Fsp3) is 0.318. The monoisotopic (exact) mass is 583 g/mol.